The van der Waals surface area contributed by atoms with Crippen molar-refractivity contribution in [2.24, 2.45) is 11.3 Å². The Hall–Kier alpha value is -2.31. The molecular formula is C12H12N4O3. The molecule has 3 rings (SSSR count). The van der Waals surface area contributed by atoms with Crippen LogP contribution in [0.2, 0.25) is 0 Å². The van der Waals surface area contributed by atoms with Gasteiger partial charge in [-0.15, -0.1) is 0 Å². The van der Waals surface area contributed by atoms with Crippen molar-refractivity contribution in [1.82, 2.24) is 20.1 Å². The maximum absolute atomic E-state index is 11.1. The molecule has 2 heterocycles. The molecule has 1 N–H and O–H groups in total. The highest BCUT2D eigenvalue weighted by Gasteiger charge is 2.65. The van der Waals surface area contributed by atoms with Crippen LogP contribution in [0.25, 0.3) is 11.5 Å². The number of hydrogen-bond acceptors (Lipinski definition) is 6. The average molecular weight is 260 g/mol. The highest BCUT2D eigenvalue weighted by molar-refractivity contribution is 5.77. The van der Waals surface area contributed by atoms with Crippen molar-refractivity contribution >= 4 is 5.97 Å². The molecule has 2 aromatic heterocycles. The third-order valence-corrected chi connectivity index (χ3v) is 3.61. The molecule has 0 amide bonds. The maximum atomic E-state index is 11.1. The van der Waals surface area contributed by atoms with Crippen LogP contribution < -0.4 is 0 Å². The van der Waals surface area contributed by atoms with Crippen molar-refractivity contribution in [2.75, 3.05) is 0 Å². The van der Waals surface area contributed by atoms with E-state index in [1.165, 1.54) is 6.33 Å². The molecule has 1 aliphatic carbocycles. The average Bonchev–Trinajstić information content (AvgIpc) is 2.76. The first-order valence-electron chi connectivity index (χ1n) is 5.84. The molecule has 0 saturated heterocycles. The number of carboxylic acid groups (broad SMARTS) is 1. The van der Waals surface area contributed by atoms with Crippen LogP contribution in [0.5, 0.6) is 0 Å². The van der Waals surface area contributed by atoms with Crippen LogP contribution in [0.1, 0.15) is 25.7 Å². The lowest BCUT2D eigenvalue weighted by Crippen LogP contribution is -2.03. The van der Waals surface area contributed by atoms with E-state index in [9.17, 15) is 4.79 Å². The van der Waals surface area contributed by atoms with Crippen LogP contribution >= 0.6 is 0 Å². The number of hydrogen-bond donors (Lipinski definition) is 1. The Balaban J connectivity index is 1.90. The molecule has 0 aromatic carbocycles. The summed E-state index contributed by atoms with van der Waals surface area (Å²) in [4.78, 5) is 23.2. The first-order chi connectivity index (χ1) is 9.01. The molecule has 1 saturated carbocycles. The molecule has 7 heteroatoms. The summed E-state index contributed by atoms with van der Waals surface area (Å²) in [7, 11) is 0. The van der Waals surface area contributed by atoms with E-state index in [0.29, 0.717) is 17.4 Å². The number of carboxylic acids is 1. The Bertz CT molecular complexity index is 623. The lowest BCUT2D eigenvalue weighted by Gasteiger charge is -1.96. The van der Waals surface area contributed by atoms with Crippen molar-refractivity contribution in [3.8, 4) is 11.5 Å². The Morgan fingerprint density at radius 2 is 2.26 bits per heavy atom. The second kappa shape index (κ2) is 3.84. The number of aromatic nitrogens is 4. The normalized spacial score (nSPS) is 24.1. The van der Waals surface area contributed by atoms with Crippen molar-refractivity contribution in [2.45, 2.75) is 19.8 Å². The lowest BCUT2D eigenvalue weighted by molar-refractivity contribution is -0.139. The predicted octanol–water partition coefficient (Wildman–Crippen LogP) is 1.35. The Labute approximate surface area is 108 Å². The second-order valence-electron chi connectivity index (χ2n) is 5.17. The second-order valence-corrected chi connectivity index (χ2v) is 5.17. The molecule has 7 nitrogen and oxygen atoms in total. The topological polar surface area (TPSA) is 102 Å². The zero-order valence-corrected chi connectivity index (χ0v) is 10.4. The first kappa shape index (κ1) is 11.8. The summed E-state index contributed by atoms with van der Waals surface area (Å²) in [5.74, 6) is -0.855. The SMILES string of the molecule is CC1(C)C(C(=O)O)C1c1nc(-c2ccncn2)no1. The van der Waals surface area contributed by atoms with Crippen molar-refractivity contribution < 1.29 is 14.4 Å². The van der Waals surface area contributed by atoms with Gasteiger partial charge in [-0.05, 0) is 11.5 Å². The number of nitrogens with zero attached hydrogens (tertiary/aromatic N) is 4. The summed E-state index contributed by atoms with van der Waals surface area (Å²) < 4.78 is 5.17. The fourth-order valence-electron chi connectivity index (χ4n) is 2.45. The van der Waals surface area contributed by atoms with Crippen LogP contribution in [0.15, 0.2) is 23.1 Å². The van der Waals surface area contributed by atoms with E-state index in [0.717, 1.165) is 0 Å². The summed E-state index contributed by atoms with van der Waals surface area (Å²) in [5, 5.41) is 13.0. The molecule has 0 spiro atoms. The fourth-order valence-corrected chi connectivity index (χ4v) is 2.45. The number of carbonyl (C=O) groups is 1. The zero-order chi connectivity index (χ0) is 13.6. The van der Waals surface area contributed by atoms with Crippen LogP contribution in [0.3, 0.4) is 0 Å². The molecule has 2 aromatic rings. The molecule has 19 heavy (non-hydrogen) atoms. The van der Waals surface area contributed by atoms with Gasteiger partial charge in [0.15, 0.2) is 0 Å². The van der Waals surface area contributed by atoms with Gasteiger partial charge in [-0.3, -0.25) is 4.79 Å². The Kier molecular flexibility index (Phi) is 2.38. The summed E-state index contributed by atoms with van der Waals surface area (Å²) in [6, 6.07) is 1.67. The molecule has 1 aliphatic rings. The highest BCUT2D eigenvalue weighted by atomic mass is 16.5. The summed E-state index contributed by atoms with van der Waals surface area (Å²) in [6.07, 6.45) is 2.98. The van der Waals surface area contributed by atoms with Crippen LogP contribution in [0, 0.1) is 11.3 Å². The van der Waals surface area contributed by atoms with Gasteiger partial charge >= 0.3 is 5.97 Å². The third kappa shape index (κ3) is 1.78. The third-order valence-electron chi connectivity index (χ3n) is 3.61. The van der Waals surface area contributed by atoms with Gasteiger partial charge in [0.05, 0.1) is 11.8 Å². The van der Waals surface area contributed by atoms with E-state index < -0.39 is 11.9 Å². The van der Waals surface area contributed by atoms with Crippen molar-refractivity contribution in [3.05, 3.63) is 24.5 Å². The minimum Gasteiger partial charge on any atom is -0.481 e. The van der Waals surface area contributed by atoms with Gasteiger partial charge in [-0.1, -0.05) is 19.0 Å². The summed E-state index contributed by atoms with van der Waals surface area (Å²) in [6.45, 7) is 3.76. The largest absolute Gasteiger partial charge is 0.481 e. The van der Waals surface area contributed by atoms with Gasteiger partial charge in [-0.2, -0.15) is 4.98 Å². The standard InChI is InChI=1S/C12H12N4O3/c1-12(2)7(8(12)11(17)18)10-15-9(16-19-10)6-3-4-13-5-14-6/h3-5,7-8H,1-2H3,(H,17,18). The van der Waals surface area contributed by atoms with E-state index in [-0.39, 0.29) is 11.3 Å². The first-order valence-corrected chi connectivity index (χ1v) is 5.84. The van der Waals surface area contributed by atoms with E-state index >= 15 is 0 Å². The Morgan fingerprint density at radius 1 is 1.47 bits per heavy atom. The molecular weight excluding hydrogens is 248 g/mol. The molecule has 98 valence electrons. The van der Waals surface area contributed by atoms with Crippen molar-refractivity contribution in [1.29, 1.82) is 0 Å². The molecule has 0 bridgehead atoms. The molecule has 1 fully saturated rings. The Morgan fingerprint density at radius 3 is 2.84 bits per heavy atom. The van der Waals surface area contributed by atoms with E-state index in [4.69, 9.17) is 9.63 Å². The summed E-state index contributed by atoms with van der Waals surface area (Å²) >= 11 is 0. The molecule has 2 unspecified atom stereocenters. The smallest absolute Gasteiger partial charge is 0.307 e. The molecule has 0 aliphatic heterocycles. The van der Waals surface area contributed by atoms with Crippen LogP contribution in [-0.2, 0) is 4.79 Å². The number of aliphatic carboxylic acids is 1. The minimum atomic E-state index is -0.836. The number of rotatable bonds is 3. The lowest BCUT2D eigenvalue weighted by atomic mass is 10.1. The van der Waals surface area contributed by atoms with Gasteiger partial charge in [-0.25, -0.2) is 9.97 Å². The van der Waals surface area contributed by atoms with E-state index in [2.05, 4.69) is 20.1 Å². The van der Waals surface area contributed by atoms with Crippen LogP contribution in [0.4, 0.5) is 0 Å². The van der Waals surface area contributed by atoms with Crippen molar-refractivity contribution in [3.63, 3.8) is 0 Å². The van der Waals surface area contributed by atoms with Gasteiger partial charge in [0, 0.05) is 6.20 Å². The molecule has 2 atom stereocenters. The quantitative estimate of drug-likeness (QED) is 0.888. The summed E-state index contributed by atoms with van der Waals surface area (Å²) in [5.41, 5.74) is 0.191. The van der Waals surface area contributed by atoms with Gasteiger partial charge in [0.25, 0.3) is 0 Å². The maximum Gasteiger partial charge on any atom is 0.307 e. The monoisotopic (exact) mass is 260 g/mol. The van der Waals surface area contributed by atoms with Gasteiger partial charge in [0.2, 0.25) is 11.7 Å². The predicted molar refractivity (Wildman–Crippen MR) is 63.0 cm³/mol. The van der Waals surface area contributed by atoms with E-state index in [1.807, 2.05) is 13.8 Å². The highest BCUT2D eigenvalue weighted by Crippen LogP contribution is 2.64. The fraction of sp³-hybridized carbons (Fsp3) is 0.417. The van der Waals surface area contributed by atoms with Gasteiger partial charge in [0.1, 0.15) is 12.0 Å². The minimum absolute atomic E-state index is 0.243. The van der Waals surface area contributed by atoms with E-state index in [1.54, 1.807) is 12.3 Å². The zero-order valence-electron chi connectivity index (χ0n) is 10.4. The van der Waals surface area contributed by atoms with Crippen LogP contribution in [-0.4, -0.2) is 31.2 Å². The van der Waals surface area contributed by atoms with Gasteiger partial charge < -0.3 is 9.63 Å². The molecule has 0 radical (unpaired) electrons.